The van der Waals surface area contributed by atoms with Crippen LogP contribution in [0.3, 0.4) is 0 Å². The summed E-state index contributed by atoms with van der Waals surface area (Å²) in [7, 11) is 0. The normalized spacial score (nSPS) is 23.5. The third-order valence-electron chi connectivity index (χ3n) is 4.00. The molecule has 0 saturated carbocycles. The summed E-state index contributed by atoms with van der Waals surface area (Å²) < 4.78 is 13.6. The summed E-state index contributed by atoms with van der Waals surface area (Å²) in [6.45, 7) is 1.29. The zero-order chi connectivity index (χ0) is 13.7. The number of amidine groups is 1. The van der Waals surface area contributed by atoms with Crippen LogP contribution in [0, 0.1) is 5.82 Å². The molecule has 0 aliphatic carbocycles. The molecule has 0 saturated heterocycles. The van der Waals surface area contributed by atoms with Gasteiger partial charge in [0.15, 0.2) is 5.72 Å². The van der Waals surface area contributed by atoms with Gasteiger partial charge in [-0.2, -0.15) is 0 Å². The Hall–Kier alpha value is -2.20. The smallest absolute Gasteiger partial charge is 0.193 e. The standard InChI is InChI=1S/C16H13FN2O/c17-12-5-3-4-11(10-12)16(20)14-7-2-1-6-13(14)15-18-8-9-19(15)16/h1-7,10,20H,8-9H2. The van der Waals surface area contributed by atoms with Gasteiger partial charge in [-0.3, -0.25) is 4.99 Å². The van der Waals surface area contributed by atoms with E-state index in [-0.39, 0.29) is 5.82 Å². The highest BCUT2D eigenvalue weighted by molar-refractivity contribution is 6.05. The van der Waals surface area contributed by atoms with E-state index in [1.165, 1.54) is 12.1 Å². The molecule has 1 unspecified atom stereocenters. The Labute approximate surface area is 116 Å². The fourth-order valence-electron chi connectivity index (χ4n) is 3.14. The van der Waals surface area contributed by atoms with Crippen LogP contribution in [0.5, 0.6) is 0 Å². The molecule has 0 bridgehead atoms. The summed E-state index contributed by atoms with van der Waals surface area (Å²) >= 11 is 0. The first-order valence-corrected chi connectivity index (χ1v) is 6.61. The molecule has 0 amide bonds. The highest BCUT2D eigenvalue weighted by atomic mass is 19.1. The van der Waals surface area contributed by atoms with Crippen molar-refractivity contribution in [1.82, 2.24) is 4.90 Å². The SMILES string of the molecule is OC1(c2cccc(F)c2)c2ccccc2C2=NCCN21. The molecule has 0 spiro atoms. The van der Waals surface area contributed by atoms with Crippen molar-refractivity contribution in [2.75, 3.05) is 13.1 Å². The van der Waals surface area contributed by atoms with Crippen molar-refractivity contribution >= 4 is 5.84 Å². The second-order valence-electron chi connectivity index (χ2n) is 5.09. The van der Waals surface area contributed by atoms with Crippen molar-refractivity contribution in [2.24, 2.45) is 4.99 Å². The van der Waals surface area contributed by atoms with Gasteiger partial charge in [0, 0.05) is 23.2 Å². The average molecular weight is 268 g/mol. The summed E-state index contributed by atoms with van der Waals surface area (Å²) in [6, 6.07) is 13.8. The van der Waals surface area contributed by atoms with E-state index in [1.54, 1.807) is 12.1 Å². The van der Waals surface area contributed by atoms with Gasteiger partial charge < -0.3 is 10.0 Å². The molecule has 2 aliphatic rings. The maximum atomic E-state index is 13.6. The van der Waals surface area contributed by atoms with E-state index in [0.717, 1.165) is 17.0 Å². The minimum Gasteiger partial charge on any atom is -0.363 e. The maximum absolute atomic E-state index is 13.6. The summed E-state index contributed by atoms with van der Waals surface area (Å²) in [5.41, 5.74) is 0.909. The maximum Gasteiger partial charge on any atom is 0.193 e. The Balaban J connectivity index is 1.99. The molecule has 2 aliphatic heterocycles. The van der Waals surface area contributed by atoms with Crippen LogP contribution >= 0.6 is 0 Å². The van der Waals surface area contributed by atoms with Crippen molar-refractivity contribution in [3.63, 3.8) is 0 Å². The quantitative estimate of drug-likeness (QED) is 0.859. The Bertz CT molecular complexity index is 728. The summed E-state index contributed by atoms with van der Waals surface area (Å²) in [4.78, 5) is 6.32. The van der Waals surface area contributed by atoms with Crippen molar-refractivity contribution in [2.45, 2.75) is 5.72 Å². The van der Waals surface area contributed by atoms with Gasteiger partial charge in [0.25, 0.3) is 0 Å². The molecule has 1 atom stereocenters. The lowest BCUT2D eigenvalue weighted by Gasteiger charge is -2.33. The van der Waals surface area contributed by atoms with E-state index in [2.05, 4.69) is 4.99 Å². The Morgan fingerprint density at radius 2 is 2.00 bits per heavy atom. The van der Waals surface area contributed by atoms with E-state index in [4.69, 9.17) is 0 Å². The van der Waals surface area contributed by atoms with Crippen LogP contribution in [0.15, 0.2) is 53.5 Å². The molecule has 4 heteroatoms. The third kappa shape index (κ3) is 1.34. The molecule has 1 N–H and O–H groups in total. The average Bonchev–Trinajstić information content (AvgIpc) is 3.03. The molecule has 20 heavy (non-hydrogen) atoms. The van der Waals surface area contributed by atoms with Gasteiger partial charge in [-0.05, 0) is 12.1 Å². The number of nitrogens with zero attached hydrogens (tertiary/aromatic N) is 2. The van der Waals surface area contributed by atoms with E-state index in [0.29, 0.717) is 18.7 Å². The number of hydrogen-bond acceptors (Lipinski definition) is 3. The number of hydrogen-bond donors (Lipinski definition) is 1. The zero-order valence-corrected chi connectivity index (χ0v) is 10.8. The minimum atomic E-state index is -1.33. The molecule has 0 radical (unpaired) electrons. The molecule has 2 aromatic carbocycles. The van der Waals surface area contributed by atoms with Crippen molar-refractivity contribution < 1.29 is 9.50 Å². The van der Waals surface area contributed by atoms with Gasteiger partial charge in [-0.25, -0.2) is 4.39 Å². The fraction of sp³-hybridized carbons (Fsp3) is 0.188. The predicted molar refractivity (Wildman–Crippen MR) is 74.0 cm³/mol. The first-order valence-electron chi connectivity index (χ1n) is 6.61. The lowest BCUT2D eigenvalue weighted by atomic mass is 9.93. The van der Waals surface area contributed by atoms with Crippen molar-refractivity contribution in [3.8, 4) is 0 Å². The van der Waals surface area contributed by atoms with E-state index in [9.17, 15) is 9.50 Å². The minimum absolute atomic E-state index is 0.349. The lowest BCUT2D eigenvalue weighted by molar-refractivity contribution is -0.0244. The van der Waals surface area contributed by atoms with Crippen LogP contribution < -0.4 is 0 Å². The second-order valence-corrected chi connectivity index (χ2v) is 5.09. The number of rotatable bonds is 1. The van der Waals surface area contributed by atoms with Gasteiger partial charge in [0.1, 0.15) is 11.7 Å². The molecule has 100 valence electrons. The second kappa shape index (κ2) is 3.90. The van der Waals surface area contributed by atoms with Crippen LogP contribution in [0.2, 0.25) is 0 Å². The highest BCUT2D eigenvalue weighted by Gasteiger charge is 2.49. The number of halogens is 1. The summed E-state index contributed by atoms with van der Waals surface area (Å²) in [6.07, 6.45) is 0. The number of aliphatic imine (C=N–C) groups is 1. The Morgan fingerprint density at radius 1 is 1.15 bits per heavy atom. The predicted octanol–water partition coefficient (Wildman–Crippen LogP) is 2.09. The first-order chi connectivity index (χ1) is 9.71. The number of aliphatic hydroxyl groups is 1. The molecular formula is C16H13FN2O. The van der Waals surface area contributed by atoms with E-state index < -0.39 is 5.72 Å². The topological polar surface area (TPSA) is 35.8 Å². The number of fused-ring (bicyclic) bond motifs is 3. The molecule has 0 aromatic heterocycles. The van der Waals surface area contributed by atoms with Gasteiger partial charge in [-0.15, -0.1) is 0 Å². The zero-order valence-electron chi connectivity index (χ0n) is 10.8. The van der Waals surface area contributed by atoms with Crippen LogP contribution in [0.4, 0.5) is 4.39 Å². The first kappa shape index (κ1) is 11.6. The van der Waals surface area contributed by atoms with Gasteiger partial charge in [0.05, 0.1) is 6.54 Å². The summed E-state index contributed by atoms with van der Waals surface area (Å²) in [5.74, 6) is 0.449. The van der Waals surface area contributed by atoms with Crippen LogP contribution in [-0.2, 0) is 5.72 Å². The molecule has 4 rings (SSSR count). The summed E-state index contributed by atoms with van der Waals surface area (Å²) in [5, 5.41) is 11.3. The molecule has 2 aromatic rings. The van der Waals surface area contributed by atoms with Gasteiger partial charge in [-0.1, -0.05) is 36.4 Å². The Morgan fingerprint density at radius 3 is 2.85 bits per heavy atom. The largest absolute Gasteiger partial charge is 0.363 e. The third-order valence-corrected chi connectivity index (χ3v) is 4.00. The Kier molecular flexibility index (Phi) is 2.26. The monoisotopic (exact) mass is 268 g/mol. The van der Waals surface area contributed by atoms with Crippen LogP contribution in [0.1, 0.15) is 16.7 Å². The molecule has 2 heterocycles. The lowest BCUT2D eigenvalue weighted by Crippen LogP contribution is -2.43. The van der Waals surface area contributed by atoms with Crippen LogP contribution in [-0.4, -0.2) is 28.9 Å². The van der Waals surface area contributed by atoms with Gasteiger partial charge in [0.2, 0.25) is 0 Å². The van der Waals surface area contributed by atoms with E-state index >= 15 is 0 Å². The van der Waals surface area contributed by atoms with Crippen molar-refractivity contribution in [1.29, 1.82) is 0 Å². The molecular weight excluding hydrogens is 255 g/mol. The van der Waals surface area contributed by atoms with Crippen LogP contribution in [0.25, 0.3) is 0 Å². The van der Waals surface area contributed by atoms with Gasteiger partial charge >= 0.3 is 0 Å². The number of benzene rings is 2. The molecule has 0 fully saturated rings. The fourth-order valence-corrected chi connectivity index (χ4v) is 3.14. The molecule has 3 nitrogen and oxygen atoms in total. The van der Waals surface area contributed by atoms with Crippen molar-refractivity contribution in [3.05, 3.63) is 71.0 Å². The van der Waals surface area contributed by atoms with E-state index in [1.807, 2.05) is 29.2 Å². The highest BCUT2D eigenvalue weighted by Crippen LogP contribution is 2.43.